The number of methoxy groups -OCH3 is 1. The van der Waals surface area contributed by atoms with Crippen molar-refractivity contribution in [3.63, 3.8) is 0 Å². The SMILES string of the molecule is CCCC(C)(CNCCOC)Cc1ccsc1. The van der Waals surface area contributed by atoms with Gasteiger partial charge in [0.2, 0.25) is 0 Å². The fourth-order valence-corrected chi connectivity index (χ4v) is 2.96. The number of thiophene rings is 1. The van der Waals surface area contributed by atoms with Crippen LogP contribution in [0.1, 0.15) is 32.3 Å². The molecular formula is C14H25NOS. The Morgan fingerprint density at radius 2 is 2.29 bits per heavy atom. The van der Waals surface area contributed by atoms with Crippen LogP contribution in [0.3, 0.4) is 0 Å². The number of ether oxygens (including phenoxy) is 1. The lowest BCUT2D eigenvalue weighted by molar-refractivity contribution is 0.190. The smallest absolute Gasteiger partial charge is 0.0587 e. The first kappa shape index (κ1) is 14.7. The topological polar surface area (TPSA) is 21.3 Å². The van der Waals surface area contributed by atoms with E-state index in [4.69, 9.17) is 4.74 Å². The van der Waals surface area contributed by atoms with Crippen molar-refractivity contribution >= 4 is 11.3 Å². The first-order valence-corrected chi connectivity index (χ1v) is 7.35. The molecule has 1 heterocycles. The zero-order valence-corrected chi connectivity index (χ0v) is 12.1. The van der Waals surface area contributed by atoms with E-state index in [9.17, 15) is 0 Å². The lowest BCUT2D eigenvalue weighted by atomic mass is 9.80. The highest BCUT2D eigenvalue weighted by molar-refractivity contribution is 7.07. The maximum Gasteiger partial charge on any atom is 0.0587 e. The van der Waals surface area contributed by atoms with Crippen molar-refractivity contribution in [1.82, 2.24) is 5.32 Å². The molecular weight excluding hydrogens is 230 g/mol. The molecule has 98 valence electrons. The zero-order valence-electron chi connectivity index (χ0n) is 11.3. The summed E-state index contributed by atoms with van der Waals surface area (Å²) >= 11 is 1.79. The second kappa shape index (κ2) is 7.85. The quantitative estimate of drug-likeness (QED) is 0.683. The Morgan fingerprint density at radius 3 is 2.88 bits per heavy atom. The average molecular weight is 255 g/mol. The van der Waals surface area contributed by atoms with E-state index in [2.05, 4.69) is 36.0 Å². The maximum absolute atomic E-state index is 5.06. The lowest BCUT2D eigenvalue weighted by Crippen LogP contribution is -2.35. The second-order valence-corrected chi connectivity index (χ2v) is 5.82. The molecule has 1 aromatic rings. The minimum Gasteiger partial charge on any atom is -0.383 e. The second-order valence-electron chi connectivity index (χ2n) is 5.04. The largest absolute Gasteiger partial charge is 0.383 e. The third-order valence-electron chi connectivity index (χ3n) is 3.10. The van der Waals surface area contributed by atoms with Crippen molar-refractivity contribution in [3.8, 4) is 0 Å². The summed E-state index contributed by atoms with van der Waals surface area (Å²) in [5.74, 6) is 0. The van der Waals surface area contributed by atoms with Gasteiger partial charge in [-0.25, -0.2) is 0 Å². The van der Waals surface area contributed by atoms with Gasteiger partial charge in [-0.15, -0.1) is 0 Å². The van der Waals surface area contributed by atoms with E-state index in [1.54, 1.807) is 18.4 Å². The Labute approximate surface area is 109 Å². The third-order valence-corrected chi connectivity index (χ3v) is 3.83. The Bertz CT molecular complexity index is 286. The van der Waals surface area contributed by atoms with Crippen molar-refractivity contribution < 1.29 is 4.74 Å². The van der Waals surface area contributed by atoms with Gasteiger partial charge in [0.1, 0.15) is 0 Å². The van der Waals surface area contributed by atoms with Crippen LogP contribution in [0.4, 0.5) is 0 Å². The Morgan fingerprint density at radius 1 is 1.47 bits per heavy atom. The molecule has 0 aliphatic heterocycles. The molecule has 0 saturated heterocycles. The third kappa shape index (κ3) is 5.66. The fraction of sp³-hybridized carbons (Fsp3) is 0.714. The monoisotopic (exact) mass is 255 g/mol. The summed E-state index contributed by atoms with van der Waals surface area (Å²) in [6.45, 7) is 7.45. The minimum absolute atomic E-state index is 0.365. The molecule has 1 atom stereocenters. The zero-order chi connectivity index (χ0) is 12.6. The molecule has 0 spiro atoms. The van der Waals surface area contributed by atoms with E-state index in [0.717, 1.165) is 19.7 Å². The molecule has 0 aromatic carbocycles. The summed E-state index contributed by atoms with van der Waals surface area (Å²) in [6, 6.07) is 2.24. The molecule has 0 radical (unpaired) electrons. The molecule has 0 aliphatic rings. The molecule has 1 N–H and O–H groups in total. The van der Waals surface area contributed by atoms with E-state index in [1.165, 1.54) is 24.8 Å². The normalized spacial score (nSPS) is 14.8. The number of hydrogen-bond acceptors (Lipinski definition) is 3. The number of hydrogen-bond donors (Lipinski definition) is 1. The van der Waals surface area contributed by atoms with Gasteiger partial charge in [0.15, 0.2) is 0 Å². The molecule has 1 aromatic heterocycles. The van der Waals surface area contributed by atoms with Crippen molar-refractivity contribution in [3.05, 3.63) is 22.4 Å². The molecule has 0 fully saturated rings. The summed E-state index contributed by atoms with van der Waals surface area (Å²) < 4.78 is 5.06. The first-order valence-electron chi connectivity index (χ1n) is 6.41. The number of nitrogens with one attached hydrogen (secondary N) is 1. The molecule has 17 heavy (non-hydrogen) atoms. The summed E-state index contributed by atoms with van der Waals surface area (Å²) in [4.78, 5) is 0. The van der Waals surface area contributed by atoms with Crippen molar-refractivity contribution in [2.75, 3.05) is 26.8 Å². The standard InChI is InChI=1S/C14H25NOS/c1-4-6-14(2,12-15-7-8-16-3)10-13-5-9-17-11-13/h5,9,11,15H,4,6-8,10,12H2,1-3H3. The van der Waals surface area contributed by atoms with Gasteiger partial charge in [0.25, 0.3) is 0 Å². The summed E-state index contributed by atoms with van der Waals surface area (Å²) in [5, 5.41) is 7.94. The van der Waals surface area contributed by atoms with Crippen LogP contribution in [0.25, 0.3) is 0 Å². The van der Waals surface area contributed by atoms with E-state index in [0.29, 0.717) is 5.41 Å². The molecule has 0 aliphatic carbocycles. The van der Waals surface area contributed by atoms with Crippen molar-refractivity contribution in [2.45, 2.75) is 33.1 Å². The van der Waals surface area contributed by atoms with Crippen molar-refractivity contribution in [2.24, 2.45) is 5.41 Å². The molecule has 1 rings (SSSR count). The van der Waals surface area contributed by atoms with Gasteiger partial charge in [0, 0.05) is 20.2 Å². The van der Waals surface area contributed by atoms with Gasteiger partial charge in [-0.05, 0) is 40.6 Å². The Kier molecular flexibility index (Phi) is 6.78. The maximum atomic E-state index is 5.06. The van der Waals surface area contributed by atoms with Crippen LogP contribution in [0.15, 0.2) is 16.8 Å². The van der Waals surface area contributed by atoms with Gasteiger partial charge in [-0.3, -0.25) is 0 Å². The van der Waals surface area contributed by atoms with Crippen LogP contribution in [0, 0.1) is 5.41 Å². The Hall–Kier alpha value is -0.380. The van der Waals surface area contributed by atoms with E-state index in [-0.39, 0.29) is 0 Å². The highest BCUT2D eigenvalue weighted by Crippen LogP contribution is 2.28. The van der Waals surface area contributed by atoms with Crippen LogP contribution in [-0.2, 0) is 11.2 Å². The molecule has 0 saturated carbocycles. The predicted molar refractivity (Wildman–Crippen MR) is 75.8 cm³/mol. The molecule has 0 bridgehead atoms. The highest BCUT2D eigenvalue weighted by Gasteiger charge is 2.23. The fourth-order valence-electron chi connectivity index (χ4n) is 2.29. The van der Waals surface area contributed by atoms with Gasteiger partial charge in [-0.1, -0.05) is 20.3 Å². The predicted octanol–water partition coefficient (Wildman–Crippen LogP) is 3.33. The molecule has 1 unspecified atom stereocenters. The van der Waals surface area contributed by atoms with E-state index < -0.39 is 0 Å². The van der Waals surface area contributed by atoms with E-state index >= 15 is 0 Å². The molecule has 0 amide bonds. The Balaban J connectivity index is 2.43. The van der Waals surface area contributed by atoms with Crippen LogP contribution in [0.5, 0.6) is 0 Å². The van der Waals surface area contributed by atoms with Crippen LogP contribution >= 0.6 is 11.3 Å². The minimum atomic E-state index is 0.365. The van der Waals surface area contributed by atoms with Crippen LogP contribution in [-0.4, -0.2) is 26.8 Å². The van der Waals surface area contributed by atoms with Crippen LogP contribution in [0.2, 0.25) is 0 Å². The first-order chi connectivity index (χ1) is 8.20. The summed E-state index contributed by atoms with van der Waals surface area (Å²) in [5.41, 5.74) is 1.84. The molecule has 3 heteroatoms. The average Bonchev–Trinajstić information content (AvgIpc) is 2.77. The van der Waals surface area contributed by atoms with Gasteiger partial charge in [-0.2, -0.15) is 11.3 Å². The number of rotatable bonds is 9. The van der Waals surface area contributed by atoms with Crippen molar-refractivity contribution in [1.29, 1.82) is 0 Å². The van der Waals surface area contributed by atoms with Gasteiger partial charge >= 0.3 is 0 Å². The lowest BCUT2D eigenvalue weighted by Gasteiger charge is -2.29. The van der Waals surface area contributed by atoms with E-state index in [1.807, 2.05) is 0 Å². The molecule has 2 nitrogen and oxygen atoms in total. The van der Waals surface area contributed by atoms with Crippen LogP contribution < -0.4 is 5.32 Å². The highest BCUT2D eigenvalue weighted by atomic mass is 32.1. The van der Waals surface area contributed by atoms with Gasteiger partial charge in [0.05, 0.1) is 6.61 Å². The van der Waals surface area contributed by atoms with Gasteiger partial charge < -0.3 is 10.1 Å². The summed E-state index contributed by atoms with van der Waals surface area (Å²) in [7, 11) is 1.75. The summed E-state index contributed by atoms with van der Waals surface area (Å²) in [6.07, 6.45) is 3.68.